The Hall–Kier alpha value is -2.04. The Morgan fingerprint density at radius 3 is 2.44 bits per heavy atom. The molecule has 3 rings (SSSR count). The molecule has 0 aliphatic heterocycles. The number of carbonyl (C=O) groups excluding carboxylic acids is 1. The number of halogens is 6. The molecule has 1 aromatic carbocycles. The highest BCUT2D eigenvalue weighted by Gasteiger charge is 2.60. The van der Waals surface area contributed by atoms with Gasteiger partial charge in [-0.25, -0.2) is 8.78 Å². The minimum absolute atomic E-state index is 0.0903. The van der Waals surface area contributed by atoms with Crippen molar-refractivity contribution in [3.05, 3.63) is 40.2 Å². The summed E-state index contributed by atoms with van der Waals surface area (Å²) in [6.07, 6.45) is -2.56. The second-order valence-electron chi connectivity index (χ2n) is 9.55. The van der Waals surface area contributed by atoms with Crippen LogP contribution < -0.4 is 4.90 Å². The maximum atomic E-state index is 13.8. The molecular weight excluding hydrogens is 525 g/mol. The van der Waals surface area contributed by atoms with Gasteiger partial charge in [0.25, 0.3) is 5.89 Å². The van der Waals surface area contributed by atoms with Gasteiger partial charge in [-0.15, -0.1) is 0 Å². The Balaban J connectivity index is 1.60. The molecule has 11 heteroatoms. The fourth-order valence-electron chi connectivity index (χ4n) is 4.00. The molecule has 0 bridgehead atoms. The number of anilines is 1. The Labute approximate surface area is 203 Å². The molecule has 34 heavy (non-hydrogen) atoms. The number of aromatic nitrogens is 2. The van der Waals surface area contributed by atoms with Gasteiger partial charge in [-0.2, -0.15) is 18.2 Å². The molecule has 0 spiro atoms. The molecule has 1 aromatic heterocycles. The molecule has 1 aliphatic carbocycles. The van der Waals surface area contributed by atoms with Gasteiger partial charge >= 0.3 is 6.18 Å². The molecule has 0 saturated heterocycles. The topological polar surface area (TPSA) is 59.2 Å². The van der Waals surface area contributed by atoms with Crippen LogP contribution in [0.15, 0.2) is 27.2 Å². The second kappa shape index (κ2) is 9.91. The van der Waals surface area contributed by atoms with Crippen molar-refractivity contribution in [1.29, 1.82) is 0 Å². The van der Waals surface area contributed by atoms with Gasteiger partial charge in [-0.05, 0) is 73.7 Å². The zero-order valence-corrected chi connectivity index (χ0v) is 20.8. The van der Waals surface area contributed by atoms with Gasteiger partial charge < -0.3 is 9.42 Å². The van der Waals surface area contributed by atoms with Crippen molar-refractivity contribution in [1.82, 2.24) is 10.1 Å². The van der Waals surface area contributed by atoms with Crippen molar-refractivity contribution in [3.8, 4) is 0 Å². The van der Waals surface area contributed by atoms with Gasteiger partial charge in [0, 0.05) is 24.6 Å². The second-order valence-corrected chi connectivity index (χ2v) is 10.4. The molecule has 0 atom stereocenters. The van der Waals surface area contributed by atoms with E-state index in [1.54, 1.807) is 0 Å². The summed E-state index contributed by atoms with van der Waals surface area (Å²) in [6, 6.07) is 4.11. The molecular formula is C23H27BrF5N3O2. The van der Waals surface area contributed by atoms with E-state index in [9.17, 15) is 26.7 Å². The standard InChI is InChI=1S/C23H27BrF5N3O2/c1-21(2,26)20-30-18(31-34-20)7-5-4-6-10-32(15-8-9-17(25)16(24)11-15)19(33)14-12-22(3,13-14)23(27,28)29/h8-9,11,14H,4-7,10,12-13H2,1-3H3. The van der Waals surface area contributed by atoms with E-state index in [4.69, 9.17) is 4.52 Å². The van der Waals surface area contributed by atoms with E-state index in [2.05, 4.69) is 26.1 Å². The van der Waals surface area contributed by atoms with E-state index in [0.717, 1.165) is 6.92 Å². The Bertz CT molecular complexity index is 1010. The largest absolute Gasteiger partial charge is 0.394 e. The summed E-state index contributed by atoms with van der Waals surface area (Å²) in [7, 11) is 0. The molecule has 2 aromatic rings. The average Bonchev–Trinajstić information content (AvgIpc) is 3.19. The van der Waals surface area contributed by atoms with Gasteiger partial charge in [-0.3, -0.25) is 4.79 Å². The molecule has 0 radical (unpaired) electrons. The summed E-state index contributed by atoms with van der Waals surface area (Å²) in [5.41, 5.74) is -3.16. The summed E-state index contributed by atoms with van der Waals surface area (Å²) in [5, 5.41) is 3.76. The molecule has 1 saturated carbocycles. The minimum Gasteiger partial charge on any atom is -0.336 e. The van der Waals surface area contributed by atoms with Crippen LogP contribution in [0.1, 0.15) is 64.6 Å². The van der Waals surface area contributed by atoms with E-state index in [-0.39, 0.29) is 29.7 Å². The third kappa shape index (κ3) is 5.95. The van der Waals surface area contributed by atoms with Crippen LogP contribution in [0.4, 0.5) is 27.6 Å². The smallest absolute Gasteiger partial charge is 0.336 e. The summed E-state index contributed by atoms with van der Waals surface area (Å²) in [6.45, 7) is 4.04. The normalized spacial score (nSPS) is 20.8. The number of carbonyl (C=O) groups is 1. The minimum atomic E-state index is -4.36. The first kappa shape index (κ1) is 26.6. The zero-order chi connectivity index (χ0) is 25.3. The number of nitrogens with zero attached hydrogens (tertiary/aromatic N) is 3. The SMILES string of the molecule is CC(C)(F)c1nc(CCCCCN(C(=O)C2CC(C)(C(F)(F)F)C2)c2ccc(F)c(Br)c2)no1. The van der Waals surface area contributed by atoms with Crippen molar-refractivity contribution in [2.45, 2.75) is 71.1 Å². The van der Waals surface area contributed by atoms with Crippen molar-refractivity contribution >= 4 is 27.5 Å². The first-order valence-corrected chi connectivity index (χ1v) is 11.9. The van der Waals surface area contributed by atoms with E-state index in [1.807, 2.05) is 0 Å². The summed E-state index contributed by atoms with van der Waals surface area (Å²) in [5.74, 6) is -1.34. The summed E-state index contributed by atoms with van der Waals surface area (Å²) < 4.78 is 72.3. The van der Waals surface area contributed by atoms with Crippen LogP contribution in [0.3, 0.4) is 0 Å². The van der Waals surface area contributed by atoms with Crippen molar-refractivity contribution in [2.75, 3.05) is 11.4 Å². The quantitative estimate of drug-likeness (QED) is 0.251. The van der Waals surface area contributed by atoms with Crippen molar-refractivity contribution < 1.29 is 31.3 Å². The number of alkyl halides is 4. The van der Waals surface area contributed by atoms with E-state index in [1.165, 1.54) is 36.9 Å². The molecule has 1 aliphatic rings. The van der Waals surface area contributed by atoms with Crippen LogP contribution in [-0.2, 0) is 16.9 Å². The lowest BCUT2D eigenvalue weighted by atomic mass is 9.62. The summed E-state index contributed by atoms with van der Waals surface area (Å²) >= 11 is 3.10. The first-order valence-electron chi connectivity index (χ1n) is 11.1. The number of hydrogen-bond acceptors (Lipinski definition) is 4. The van der Waals surface area contributed by atoms with Crippen LogP contribution in [0.5, 0.6) is 0 Å². The molecule has 1 amide bonds. The van der Waals surface area contributed by atoms with Gasteiger partial charge in [-0.1, -0.05) is 18.5 Å². The van der Waals surface area contributed by atoms with Crippen LogP contribution in [0.25, 0.3) is 0 Å². The Morgan fingerprint density at radius 2 is 1.88 bits per heavy atom. The predicted molar refractivity (Wildman–Crippen MR) is 119 cm³/mol. The highest BCUT2D eigenvalue weighted by Crippen LogP contribution is 2.56. The fourth-order valence-corrected chi connectivity index (χ4v) is 4.37. The highest BCUT2D eigenvalue weighted by atomic mass is 79.9. The molecule has 1 fully saturated rings. The summed E-state index contributed by atoms with van der Waals surface area (Å²) in [4.78, 5) is 18.6. The highest BCUT2D eigenvalue weighted by molar-refractivity contribution is 9.10. The van der Waals surface area contributed by atoms with Crippen LogP contribution >= 0.6 is 15.9 Å². The predicted octanol–water partition coefficient (Wildman–Crippen LogP) is 6.90. The van der Waals surface area contributed by atoms with E-state index in [0.29, 0.717) is 37.2 Å². The van der Waals surface area contributed by atoms with Crippen LogP contribution in [0, 0.1) is 17.2 Å². The lowest BCUT2D eigenvalue weighted by molar-refractivity contribution is -0.253. The lowest BCUT2D eigenvalue weighted by Gasteiger charge is -2.46. The molecule has 1 heterocycles. The monoisotopic (exact) mass is 551 g/mol. The van der Waals surface area contributed by atoms with E-state index >= 15 is 0 Å². The molecule has 5 nitrogen and oxygen atoms in total. The average molecular weight is 552 g/mol. The van der Waals surface area contributed by atoms with Crippen LogP contribution in [0.2, 0.25) is 0 Å². The van der Waals surface area contributed by atoms with Gasteiger partial charge in [0.2, 0.25) is 5.91 Å². The third-order valence-electron chi connectivity index (χ3n) is 6.17. The number of hydrogen-bond donors (Lipinski definition) is 0. The number of aryl methyl sites for hydroxylation is 1. The van der Waals surface area contributed by atoms with Crippen molar-refractivity contribution in [2.24, 2.45) is 11.3 Å². The van der Waals surface area contributed by atoms with Gasteiger partial charge in [0.05, 0.1) is 9.89 Å². The molecule has 188 valence electrons. The van der Waals surface area contributed by atoms with Crippen molar-refractivity contribution in [3.63, 3.8) is 0 Å². The number of unbranched alkanes of at least 4 members (excludes halogenated alkanes) is 2. The zero-order valence-electron chi connectivity index (χ0n) is 19.2. The fraction of sp³-hybridized carbons (Fsp3) is 0.609. The third-order valence-corrected chi connectivity index (χ3v) is 6.77. The Morgan fingerprint density at radius 1 is 1.21 bits per heavy atom. The molecule has 0 unspecified atom stereocenters. The van der Waals surface area contributed by atoms with Gasteiger partial charge in [0.15, 0.2) is 11.5 Å². The van der Waals surface area contributed by atoms with E-state index < -0.39 is 34.9 Å². The van der Waals surface area contributed by atoms with Crippen LogP contribution in [-0.4, -0.2) is 28.8 Å². The van der Waals surface area contributed by atoms with Gasteiger partial charge in [0.1, 0.15) is 5.82 Å². The first-order chi connectivity index (χ1) is 15.7. The number of amides is 1. The number of benzene rings is 1. The molecule has 0 N–H and O–H groups in total. The lowest BCUT2D eigenvalue weighted by Crippen LogP contribution is -2.52. The maximum absolute atomic E-state index is 13.8. The maximum Gasteiger partial charge on any atom is 0.394 e. The number of rotatable bonds is 9. The Kier molecular flexibility index (Phi) is 7.74.